The van der Waals surface area contributed by atoms with Crippen LogP contribution < -0.4 is 10.1 Å². The van der Waals surface area contributed by atoms with Gasteiger partial charge in [0.1, 0.15) is 17.7 Å². The molecule has 1 aromatic carbocycles. The van der Waals surface area contributed by atoms with Crippen LogP contribution in [0.25, 0.3) is 0 Å². The number of ether oxygens (including phenoxy) is 2. The summed E-state index contributed by atoms with van der Waals surface area (Å²) in [5.74, 6) is 0.327. The largest absolute Gasteiger partial charge is 0.497 e. The minimum Gasteiger partial charge on any atom is -0.497 e. The first kappa shape index (κ1) is 21.0. The maximum atomic E-state index is 14.1. The lowest BCUT2D eigenvalue weighted by atomic mass is 9.73. The van der Waals surface area contributed by atoms with E-state index in [-0.39, 0.29) is 11.7 Å². The van der Waals surface area contributed by atoms with Crippen molar-refractivity contribution in [3.05, 3.63) is 29.6 Å². The van der Waals surface area contributed by atoms with Crippen LogP contribution in [0.15, 0.2) is 18.2 Å². The lowest BCUT2D eigenvalue weighted by Crippen LogP contribution is -2.69. The van der Waals surface area contributed by atoms with E-state index in [9.17, 15) is 14.3 Å². The molecule has 156 valence electrons. The Balaban J connectivity index is 1.66. The highest BCUT2D eigenvalue weighted by atomic mass is 19.1. The fourth-order valence-corrected chi connectivity index (χ4v) is 4.35. The average Bonchev–Trinajstić information content (AvgIpc) is 2.69. The van der Waals surface area contributed by atoms with Crippen LogP contribution in [0.1, 0.15) is 45.1 Å². The van der Waals surface area contributed by atoms with Crippen molar-refractivity contribution in [2.24, 2.45) is 0 Å². The molecule has 0 aliphatic carbocycles. The Kier molecular flexibility index (Phi) is 6.27. The Labute approximate surface area is 166 Å². The fourth-order valence-electron chi connectivity index (χ4n) is 4.35. The number of carbonyl (C=O) groups is 1. The first-order valence-corrected chi connectivity index (χ1v) is 10.00. The van der Waals surface area contributed by atoms with E-state index in [1.807, 2.05) is 6.92 Å². The highest BCUT2D eigenvalue weighted by molar-refractivity contribution is 5.76. The number of methoxy groups -OCH3 is 1. The summed E-state index contributed by atoms with van der Waals surface area (Å²) in [6.07, 6.45) is 1.46. The molecule has 1 spiro atoms. The highest BCUT2D eigenvalue weighted by Gasteiger charge is 2.53. The number of aliphatic hydroxyl groups is 1. The molecule has 2 fully saturated rings. The second-order valence-electron chi connectivity index (χ2n) is 8.12. The van der Waals surface area contributed by atoms with Crippen molar-refractivity contribution in [2.75, 3.05) is 26.8 Å². The van der Waals surface area contributed by atoms with Crippen molar-refractivity contribution in [2.45, 2.75) is 63.3 Å². The third-order valence-corrected chi connectivity index (χ3v) is 6.21. The van der Waals surface area contributed by atoms with E-state index in [2.05, 4.69) is 10.2 Å². The van der Waals surface area contributed by atoms with E-state index < -0.39 is 17.2 Å². The number of likely N-dealkylation sites (tertiary alicyclic amines) is 1. The number of aliphatic hydroxyl groups excluding tert-OH is 1. The standard InChI is InChI=1S/C21H31FN2O4/c1-4-18(25)23-20(2)9-12-28-21(19(20)26)7-10-24(11-8-21)14-15-13-16(27-3)5-6-17(15)22/h5-6,13,19,26H,4,7-12,14H2,1-3H3,(H,23,25)/t19-,20+/m1/s1. The summed E-state index contributed by atoms with van der Waals surface area (Å²) in [5.41, 5.74) is -0.760. The summed E-state index contributed by atoms with van der Waals surface area (Å²) in [6, 6.07) is 4.76. The number of hydrogen-bond acceptors (Lipinski definition) is 5. The minimum absolute atomic E-state index is 0.0652. The lowest BCUT2D eigenvalue weighted by molar-refractivity contribution is -0.208. The predicted octanol–water partition coefficient (Wildman–Crippen LogP) is 2.23. The summed E-state index contributed by atoms with van der Waals surface area (Å²) < 4.78 is 25.4. The fraction of sp³-hybridized carbons (Fsp3) is 0.667. The summed E-state index contributed by atoms with van der Waals surface area (Å²) in [6.45, 7) is 6.06. The molecule has 1 aromatic rings. The second kappa shape index (κ2) is 8.35. The normalized spacial score (nSPS) is 27.5. The van der Waals surface area contributed by atoms with Crippen molar-refractivity contribution >= 4 is 5.91 Å². The molecule has 2 heterocycles. The summed E-state index contributed by atoms with van der Waals surface area (Å²) in [4.78, 5) is 14.1. The third kappa shape index (κ3) is 4.16. The molecule has 1 amide bonds. The monoisotopic (exact) mass is 394 g/mol. The van der Waals surface area contributed by atoms with Crippen LogP contribution in [0.3, 0.4) is 0 Å². The zero-order valence-corrected chi connectivity index (χ0v) is 17.0. The molecule has 0 saturated carbocycles. The number of piperidine rings is 1. The van der Waals surface area contributed by atoms with Crippen molar-refractivity contribution in [1.29, 1.82) is 0 Å². The van der Waals surface area contributed by atoms with Crippen LogP contribution in [0.4, 0.5) is 4.39 Å². The molecule has 0 aromatic heterocycles. The lowest BCUT2D eigenvalue weighted by Gasteiger charge is -2.53. The molecule has 2 saturated heterocycles. The van der Waals surface area contributed by atoms with Gasteiger partial charge in [-0.05, 0) is 44.4 Å². The van der Waals surface area contributed by atoms with Gasteiger partial charge in [0.05, 0.1) is 18.2 Å². The summed E-state index contributed by atoms with van der Waals surface area (Å²) >= 11 is 0. The number of carbonyl (C=O) groups excluding carboxylic acids is 1. The van der Waals surface area contributed by atoms with Gasteiger partial charge >= 0.3 is 0 Å². The second-order valence-corrected chi connectivity index (χ2v) is 8.12. The predicted molar refractivity (Wildman–Crippen MR) is 104 cm³/mol. The quantitative estimate of drug-likeness (QED) is 0.802. The molecule has 0 bridgehead atoms. The molecule has 0 unspecified atom stereocenters. The van der Waals surface area contributed by atoms with Crippen LogP contribution in [0.5, 0.6) is 5.75 Å². The van der Waals surface area contributed by atoms with Crippen LogP contribution in [0, 0.1) is 5.82 Å². The van der Waals surface area contributed by atoms with Crippen LogP contribution in [0.2, 0.25) is 0 Å². The number of hydrogen-bond donors (Lipinski definition) is 2. The molecule has 2 atom stereocenters. The number of benzene rings is 1. The molecule has 3 rings (SSSR count). The molecule has 2 aliphatic heterocycles. The van der Waals surface area contributed by atoms with Crippen LogP contribution in [-0.4, -0.2) is 60.0 Å². The van der Waals surface area contributed by atoms with Crippen molar-refractivity contribution in [3.63, 3.8) is 0 Å². The molecule has 0 radical (unpaired) electrons. The van der Waals surface area contributed by atoms with Crippen LogP contribution in [-0.2, 0) is 16.1 Å². The van der Waals surface area contributed by atoms with E-state index >= 15 is 0 Å². The van der Waals surface area contributed by atoms with E-state index in [1.165, 1.54) is 6.07 Å². The third-order valence-electron chi connectivity index (χ3n) is 6.21. The van der Waals surface area contributed by atoms with E-state index in [1.54, 1.807) is 26.2 Å². The van der Waals surface area contributed by atoms with Crippen molar-refractivity contribution in [1.82, 2.24) is 10.2 Å². The van der Waals surface area contributed by atoms with Gasteiger partial charge in [0.15, 0.2) is 0 Å². The van der Waals surface area contributed by atoms with Gasteiger partial charge in [-0.2, -0.15) is 0 Å². The Morgan fingerprint density at radius 3 is 2.75 bits per heavy atom. The van der Waals surface area contributed by atoms with Gasteiger partial charge in [-0.25, -0.2) is 4.39 Å². The number of nitrogens with one attached hydrogen (secondary N) is 1. The topological polar surface area (TPSA) is 71.0 Å². The van der Waals surface area contributed by atoms with E-state index in [0.717, 1.165) is 0 Å². The van der Waals surface area contributed by atoms with Gasteiger partial charge in [-0.1, -0.05) is 6.92 Å². The first-order chi connectivity index (χ1) is 13.3. The Morgan fingerprint density at radius 1 is 1.39 bits per heavy atom. The first-order valence-electron chi connectivity index (χ1n) is 10.00. The van der Waals surface area contributed by atoms with Gasteiger partial charge in [0.2, 0.25) is 5.91 Å². The average molecular weight is 394 g/mol. The van der Waals surface area contributed by atoms with Gasteiger partial charge < -0.3 is 19.9 Å². The molecule has 2 N–H and O–H groups in total. The summed E-state index contributed by atoms with van der Waals surface area (Å²) in [5, 5.41) is 14.1. The van der Waals surface area contributed by atoms with Gasteiger partial charge in [-0.15, -0.1) is 0 Å². The van der Waals surface area contributed by atoms with Gasteiger partial charge in [0, 0.05) is 38.2 Å². The Morgan fingerprint density at radius 2 is 2.11 bits per heavy atom. The van der Waals surface area contributed by atoms with Gasteiger partial charge in [0.25, 0.3) is 0 Å². The molecule has 28 heavy (non-hydrogen) atoms. The SMILES string of the molecule is CCC(=O)N[C@@]1(C)CCOC2(CCN(Cc3cc(OC)ccc3F)CC2)[C@@H]1O. The number of halogens is 1. The number of nitrogens with zero attached hydrogens (tertiary/aromatic N) is 1. The molecular formula is C21H31FN2O4. The zero-order chi connectivity index (χ0) is 20.4. The van der Waals surface area contributed by atoms with Gasteiger partial charge in [-0.3, -0.25) is 9.69 Å². The summed E-state index contributed by atoms with van der Waals surface area (Å²) in [7, 11) is 1.57. The maximum absolute atomic E-state index is 14.1. The maximum Gasteiger partial charge on any atom is 0.220 e. The zero-order valence-electron chi connectivity index (χ0n) is 17.0. The van der Waals surface area contributed by atoms with E-state index in [4.69, 9.17) is 9.47 Å². The highest BCUT2D eigenvalue weighted by Crippen LogP contribution is 2.40. The molecule has 7 heteroatoms. The smallest absolute Gasteiger partial charge is 0.220 e. The molecule has 2 aliphatic rings. The number of rotatable bonds is 5. The van der Waals surface area contributed by atoms with Crippen LogP contribution >= 0.6 is 0 Å². The minimum atomic E-state index is -0.778. The molecular weight excluding hydrogens is 363 g/mol. The van der Waals surface area contributed by atoms with Crippen molar-refractivity contribution in [3.8, 4) is 5.75 Å². The number of amides is 1. The molecule has 6 nitrogen and oxygen atoms in total. The Bertz CT molecular complexity index is 706. The van der Waals surface area contributed by atoms with E-state index in [0.29, 0.717) is 63.2 Å². The van der Waals surface area contributed by atoms with Crippen molar-refractivity contribution < 1.29 is 23.8 Å². The Hall–Kier alpha value is -1.70.